The zero-order valence-electron chi connectivity index (χ0n) is 25.4. The number of rotatable bonds is 9. The monoisotopic (exact) mass is 633 g/mol. The number of nitrogens with zero attached hydrogens (tertiary/aromatic N) is 2. The van der Waals surface area contributed by atoms with Crippen LogP contribution in [0, 0.1) is 10.8 Å². The van der Waals surface area contributed by atoms with Crippen molar-refractivity contribution in [2.75, 3.05) is 19.2 Å². The van der Waals surface area contributed by atoms with E-state index < -0.39 is 64.7 Å². The SMILES string of the molecule is CC(=O)OCC1=C(C(=O)OCOC(=O)C(C)(C)C)N2C(=O)[C@@H](NC(=O)C(=NOC(=O)C(C)(C)C)c3cccc(O)c3)[C@H]2SC1. The number of hydrogen-bond acceptors (Lipinski definition) is 13. The maximum atomic E-state index is 13.4. The first-order valence-electron chi connectivity index (χ1n) is 13.5. The summed E-state index contributed by atoms with van der Waals surface area (Å²) in [6.07, 6.45) is 0. The van der Waals surface area contributed by atoms with Crippen molar-refractivity contribution < 1.29 is 52.9 Å². The average Bonchev–Trinajstić information content (AvgIpc) is 2.92. The number of β-lactam (4-membered cyclic amide) rings is 1. The summed E-state index contributed by atoms with van der Waals surface area (Å²) < 4.78 is 15.2. The summed E-state index contributed by atoms with van der Waals surface area (Å²) in [4.78, 5) is 81.8. The van der Waals surface area contributed by atoms with Gasteiger partial charge in [0.2, 0.25) is 6.79 Å². The summed E-state index contributed by atoms with van der Waals surface area (Å²) in [5.74, 6) is -4.55. The van der Waals surface area contributed by atoms with Gasteiger partial charge in [-0.25, -0.2) is 9.59 Å². The number of nitrogens with one attached hydrogen (secondary N) is 1. The second-order valence-corrected chi connectivity index (χ2v) is 13.0. The van der Waals surface area contributed by atoms with Gasteiger partial charge in [-0.3, -0.25) is 24.1 Å². The molecule has 1 saturated heterocycles. The molecular weight excluding hydrogens is 598 g/mol. The molecule has 0 aromatic heterocycles. The molecule has 1 fully saturated rings. The van der Waals surface area contributed by atoms with Gasteiger partial charge in [-0.2, -0.15) is 0 Å². The zero-order chi connectivity index (χ0) is 33.0. The lowest BCUT2D eigenvalue weighted by Gasteiger charge is -2.49. The van der Waals surface area contributed by atoms with E-state index in [2.05, 4.69) is 10.5 Å². The van der Waals surface area contributed by atoms with Crippen LogP contribution in [-0.4, -0.2) is 82.0 Å². The molecule has 2 amide bonds. The van der Waals surface area contributed by atoms with E-state index >= 15 is 0 Å². The maximum absolute atomic E-state index is 13.4. The minimum atomic E-state index is -1.13. The average molecular weight is 634 g/mol. The largest absolute Gasteiger partial charge is 0.508 e. The molecule has 0 unspecified atom stereocenters. The fourth-order valence-corrected chi connectivity index (χ4v) is 5.03. The molecule has 2 N–H and O–H groups in total. The molecule has 238 valence electrons. The Morgan fingerprint density at radius 1 is 1.02 bits per heavy atom. The summed E-state index contributed by atoms with van der Waals surface area (Å²) in [6.45, 7) is 9.85. The van der Waals surface area contributed by atoms with Crippen molar-refractivity contribution in [2.24, 2.45) is 16.0 Å². The van der Waals surface area contributed by atoms with E-state index in [1.165, 1.54) is 43.0 Å². The Hall–Kier alpha value is -4.40. The van der Waals surface area contributed by atoms with Crippen LogP contribution in [0.2, 0.25) is 0 Å². The van der Waals surface area contributed by atoms with Crippen molar-refractivity contribution in [3.8, 4) is 5.75 Å². The second-order valence-electron chi connectivity index (χ2n) is 11.9. The van der Waals surface area contributed by atoms with Crippen molar-refractivity contribution in [3.63, 3.8) is 0 Å². The molecule has 2 atom stereocenters. The molecule has 0 spiro atoms. The van der Waals surface area contributed by atoms with Gasteiger partial charge in [0.25, 0.3) is 11.8 Å². The molecule has 2 aliphatic heterocycles. The van der Waals surface area contributed by atoms with E-state index in [0.717, 1.165) is 4.90 Å². The lowest BCUT2D eigenvalue weighted by molar-refractivity contribution is -0.173. The van der Waals surface area contributed by atoms with Crippen LogP contribution in [0.3, 0.4) is 0 Å². The fraction of sp³-hybridized carbons (Fsp3) is 0.483. The van der Waals surface area contributed by atoms with E-state index in [9.17, 15) is 33.9 Å². The molecule has 2 heterocycles. The highest BCUT2D eigenvalue weighted by atomic mass is 32.2. The molecule has 44 heavy (non-hydrogen) atoms. The van der Waals surface area contributed by atoms with Crippen molar-refractivity contribution in [1.82, 2.24) is 10.2 Å². The van der Waals surface area contributed by atoms with Crippen molar-refractivity contribution in [1.29, 1.82) is 0 Å². The van der Waals surface area contributed by atoms with Crippen LogP contribution in [-0.2, 0) is 47.8 Å². The third kappa shape index (κ3) is 8.15. The number of fused-ring (bicyclic) bond motifs is 1. The van der Waals surface area contributed by atoms with Crippen molar-refractivity contribution >= 4 is 53.2 Å². The Morgan fingerprint density at radius 2 is 1.68 bits per heavy atom. The molecule has 1 aromatic rings. The third-order valence-corrected chi connectivity index (χ3v) is 7.48. The predicted molar refractivity (Wildman–Crippen MR) is 155 cm³/mol. The Bertz CT molecular complexity index is 1420. The third-order valence-electron chi connectivity index (χ3n) is 6.14. The Balaban J connectivity index is 1.83. The van der Waals surface area contributed by atoms with Crippen LogP contribution in [0.4, 0.5) is 0 Å². The highest BCUT2D eigenvalue weighted by molar-refractivity contribution is 8.00. The number of oxime groups is 1. The Labute approximate surface area is 258 Å². The van der Waals surface area contributed by atoms with Gasteiger partial charge in [-0.05, 0) is 53.7 Å². The molecule has 2 aliphatic rings. The lowest BCUT2D eigenvalue weighted by Crippen LogP contribution is -2.71. The first-order valence-corrected chi connectivity index (χ1v) is 14.5. The Morgan fingerprint density at radius 3 is 2.27 bits per heavy atom. The van der Waals surface area contributed by atoms with E-state index in [-0.39, 0.29) is 40.7 Å². The van der Waals surface area contributed by atoms with E-state index in [1.807, 2.05) is 0 Å². The number of carbonyl (C=O) groups excluding carboxylic acids is 6. The van der Waals surface area contributed by atoms with Crippen LogP contribution in [0.1, 0.15) is 54.0 Å². The Kier molecular flexibility index (Phi) is 10.5. The summed E-state index contributed by atoms with van der Waals surface area (Å²) >= 11 is 1.19. The number of carbonyl (C=O) groups is 6. The van der Waals surface area contributed by atoms with Gasteiger partial charge in [0.15, 0.2) is 5.71 Å². The lowest BCUT2D eigenvalue weighted by atomic mass is 9.98. The van der Waals surface area contributed by atoms with Gasteiger partial charge in [0, 0.05) is 23.8 Å². The van der Waals surface area contributed by atoms with Crippen LogP contribution < -0.4 is 5.32 Å². The van der Waals surface area contributed by atoms with Crippen LogP contribution in [0.15, 0.2) is 40.7 Å². The predicted octanol–water partition coefficient (Wildman–Crippen LogP) is 1.99. The van der Waals surface area contributed by atoms with Crippen molar-refractivity contribution in [2.45, 2.75) is 59.9 Å². The van der Waals surface area contributed by atoms with Crippen molar-refractivity contribution in [3.05, 3.63) is 41.1 Å². The van der Waals surface area contributed by atoms with E-state index in [1.54, 1.807) is 41.5 Å². The van der Waals surface area contributed by atoms with E-state index in [0.29, 0.717) is 0 Å². The number of hydrogen-bond donors (Lipinski definition) is 2. The van der Waals surface area contributed by atoms with Gasteiger partial charge >= 0.3 is 23.9 Å². The number of ether oxygens (including phenoxy) is 3. The zero-order valence-corrected chi connectivity index (χ0v) is 26.2. The number of amides is 2. The number of benzene rings is 1. The molecule has 0 aliphatic carbocycles. The smallest absolute Gasteiger partial charge is 0.358 e. The summed E-state index contributed by atoms with van der Waals surface area (Å²) in [6, 6.07) is 4.38. The molecule has 3 rings (SSSR count). The highest BCUT2D eigenvalue weighted by Crippen LogP contribution is 2.41. The number of aromatic hydroxyl groups is 1. The molecule has 15 heteroatoms. The number of esters is 3. The van der Waals surface area contributed by atoms with Crippen LogP contribution in [0.25, 0.3) is 0 Å². The summed E-state index contributed by atoms with van der Waals surface area (Å²) in [7, 11) is 0. The highest BCUT2D eigenvalue weighted by Gasteiger charge is 2.55. The van der Waals surface area contributed by atoms with Gasteiger partial charge in [0.1, 0.15) is 29.5 Å². The number of thioether (sulfide) groups is 1. The summed E-state index contributed by atoms with van der Waals surface area (Å²) in [5.41, 5.74) is -1.96. The number of phenolic OH excluding ortho intramolecular Hbond substituents is 1. The standard InChI is InChI=1S/C29H35N3O11S/c1-15(33)40-12-17-13-44-24-20(23(36)32(24)21(17)25(37)41-14-42-26(38)28(2,3)4)30-22(35)19(16-9-8-10-18(34)11-16)31-43-27(39)29(5,6)7/h8-11,20,24,34H,12-14H2,1-7H3,(H,30,35)/t20-,24-/m1/s1. The molecule has 1 aromatic carbocycles. The quantitative estimate of drug-likeness (QED) is 0.101. The molecule has 0 radical (unpaired) electrons. The maximum Gasteiger partial charge on any atom is 0.358 e. The van der Waals surface area contributed by atoms with Gasteiger partial charge in [-0.15, -0.1) is 11.8 Å². The summed E-state index contributed by atoms with van der Waals surface area (Å²) in [5, 5.41) is 15.5. The van der Waals surface area contributed by atoms with Gasteiger partial charge < -0.3 is 29.5 Å². The van der Waals surface area contributed by atoms with E-state index in [4.69, 9.17) is 19.0 Å². The fourth-order valence-electron chi connectivity index (χ4n) is 3.70. The topological polar surface area (TPSA) is 187 Å². The first kappa shape index (κ1) is 34.1. The van der Waals surface area contributed by atoms with Crippen LogP contribution >= 0.6 is 11.8 Å². The van der Waals surface area contributed by atoms with Gasteiger partial charge in [0.05, 0.1) is 10.8 Å². The molecular formula is C29H35N3O11S. The molecule has 0 saturated carbocycles. The first-order chi connectivity index (χ1) is 20.4. The minimum absolute atomic E-state index is 0.113. The minimum Gasteiger partial charge on any atom is -0.508 e. The number of phenols is 1. The van der Waals surface area contributed by atoms with Gasteiger partial charge in [-0.1, -0.05) is 17.3 Å². The molecule has 14 nitrogen and oxygen atoms in total. The molecule has 0 bridgehead atoms. The normalized spacial score (nSPS) is 18.5. The van der Waals surface area contributed by atoms with Crippen LogP contribution in [0.5, 0.6) is 5.75 Å². The second kappa shape index (κ2) is 13.5.